The molecule has 176 valence electrons. The van der Waals surface area contributed by atoms with E-state index in [2.05, 4.69) is 0 Å². The molecule has 0 N–H and O–H groups in total. The van der Waals surface area contributed by atoms with E-state index in [0.717, 1.165) is 19.3 Å². The summed E-state index contributed by atoms with van der Waals surface area (Å²) in [7, 11) is -3.52. The molecule has 0 bridgehead atoms. The number of fused-ring (bicyclic) bond motifs is 1. The zero-order valence-electron chi connectivity index (χ0n) is 20.3. The van der Waals surface area contributed by atoms with Crippen molar-refractivity contribution < 1.29 is 28.0 Å². The summed E-state index contributed by atoms with van der Waals surface area (Å²) in [6.07, 6.45) is 2.34. The molecule has 30 heavy (non-hydrogen) atoms. The highest BCUT2D eigenvalue weighted by Gasteiger charge is 2.54. The van der Waals surface area contributed by atoms with E-state index in [4.69, 9.17) is 18.6 Å². The van der Waals surface area contributed by atoms with Crippen LogP contribution >= 0.6 is 7.60 Å². The molecule has 1 unspecified atom stereocenters. The lowest BCUT2D eigenvalue weighted by Crippen LogP contribution is -2.56. The molecule has 5 atom stereocenters. The van der Waals surface area contributed by atoms with E-state index in [0.29, 0.717) is 0 Å². The lowest BCUT2D eigenvalue weighted by Gasteiger charge is -2.49. The Hall–Kier alpha value is -0.460. The number of ether oxygens (including phenoxy) is 1. The van der Waals surface area contributed by atoms with Crippen LogP contribution in [0.4, 0.5) is 0 Å². The van der Waals surface area contributed by atoms with Crippen molar-refractivity contribution in [1.82, 2.24) is 5.06 Å². The summed E-state index contributed by atoms with van der Waals surface area (Å²) in [6.45, 7) is 18.3. The summed E-state index contributed by atoms with van der Waals surface area (Å²) in [5, 5.41) is 1.83. The number of hydroxylamine groups is 2. The first-order valence-corrected chi connectivity index (χ1v) is 12.9. The zero-order chi connectivity index (χ0) is 22.9. The Bertz CT molecular complexity index is 631. The maximum atomic E-state index is 14.0. The van der Waals surface area contributed by atoms with Crippen molar-refractivity contribution in [2.75, 3.05) is 13.2 Å². The SMILES string of the molecule is CCOP(=O)(OCC)C(N(O[C@H]1CCC[C@@H]2OC(=O)[C@@H](C)[C@@H]21)C(C)(C)C)C(C)(C)C. The number of nitrogens with zero attached hydrogens (tertiary/aromatic N) is 1. The molecule has 2 rings (SSSR count). The molecule has 2 fully saturated rings. The van der Waals surface area contributed by atoms with Crippen molar-refractivity contribution >= 4 is 13.6 Å². The summed E-state index contributed by atoms with van der Waals surface area (Å²) >= 11 is 0. The van der Waals surface area contributed by atoms with E-state index in [-0.39, 0.29) is 43.2 Å². The van der Waals surface area contributed by atoms with Crippen molar-refractivity contribution in [2.24, 2.45) is 17.3 Å². The van der Waals surface area contributed by atoms with Gasteiger partial charge in [-0.2, -0.15) is 5.06 Å². The molecule has 1 saturated carbocycles. The largest absolute Gasteiger partial charge is 0.462 e. The number of carbonyl (C=O) groups is 1. The van der Waals surface area contributed by atoms with Crippen molar-refractivity contribution in [3.63, 3.8) is 0 Å². The summed E-state index contributed by atoms with van der Waals surface area (Å²) in [6, 6.07) is 0. The molecule has 1 heterocycles. The fourth-order valence-electron chi connectivity index (χ4n) is 4.68. The smallest absolute Gasteiger partial charge is 0.350 e. The van der Waals surface area contributed by atoms with Gasteiger partial charge in [0.2, 0.25) is 0 Å². The van der Waals surface area contributed by atoms with Crippen molar-refractivity contribution in [2.45, 2.75) is 105 Å². The van der Waals surface area contributed by atoms with Crippen LogP contribution in [0.25, 0.3) is 0 Å². The van der Waals surface area contributed by atoms with E-state index in [9.17, 15) is 9.36 Å². The summed E-state index contributed by atoms with van der Waals surface area (Å²) < 4.78 is 31.2. The molecule has 0 aromatic carbocycles. The molecular weight excluding hydrogens is 405 g/mol. The minimum absolute atomic E-state index is 0.00436. The van der Waals surface area contributed by atoms with Crippen molar-refractivity contribution in [3.05, 3.63) is 0 Å². The van der Waals surface area contributed by atoms with Gasteiger partial charge in [-0.1, -0.05) is 27.7 Å². The van der Waals surface area contributed by atoms with Gasteiger partial charge in [0.25, 0.3) is 0 Å². The maximum absolute atomic E-state index is 14.0. The Morgan fingerprint density at radius 2 is 1.67 bits per heavy atom. The van der Waals surface area contributed by atoms with Crippen molar-refractivity contribution in [3.8, 4) is 0 Å². The molecule has 1 saturated heterocycles. The molecule has 8 heteroatoms. The Labute approximate surface area is 182 Å². The number of carbonyl (C=O) groups excluding carboxylic acids is 1. The van der Waals surface area contributed by atoms with Crippen LogP contribution in [-0.2, 0) is 28.0 Å². The molecular formula is C22H42NO6P. The second-order valence-corrected chi connectivity index (χ2v) is 12.6. The van der Waals surface area contributed by atoms with Crippen LogP contribution < -0.4 is 0 Å². The van der Waals surface area contributed by atoms with Gasteiger partial charge in [0, 0.05) is 11.5 Å². The van der Waals surface area contributed by atoms with E-state index in [1.54, 1.807) is 0 Å². The molecule has 0 radical (unpaired) electrons. The van der Waals surface area contributed by atoms with Crippen molar-refractivity contribution in [1.29, 1.82) is 0 Å². The minimum atomic E-state index is -3.52. The van der Waals surface area contributed by atoms with Crippen LogP contribution in [-0.4, -0.2) is 47.8 Å². The fraction of sp³-hybridized carbons (Fsp3) is 0.955. The summed E-state index contributed by atoms with van der Waals surface area (Å²) in [5.74, 6) is -0.973. The van der Waals surface area contributed by atoms with E-state index < -0.39 is 24.3 Å². The van der Waals surface area contributed by atoms with Gasteiger partial charge in [0.05, 0.1) is 25.2 Å². The van der Waals surface area contributed by atoms with Gasteiger partial charge < -0.3 is 13.8 Å². The first-order chi connectivity index (χ1) is 13.8. The van der Waals surface area contributed by atoms with E-state index >= 15 is 0 Å². The van der Waals surface area contributed by atoms with Crippen LogP contribution in [0.5, 0.6) is 0 Å². The van der Waals surface area contributed by atoms with Gasteiger partial charge in [-0.3, -0.25) is 14.2 Å². The third-order valence-electron chi connectivity index (χ3n) is 5.88. The lowest BCUT2D eigenvalue weighted by atomic mass is 9.78. The number of hydrogen-bond acceptors (Lipinski definition) is 7. The van der Waals surface area contributed by atoms with Crippen LogP contribution in [0.1, 0.15) is 81.6 Å². The summed E-state index contributed by atoms with van der Waals surface area (Å²) in [5.41, 5.74) is -0.920. The highest BCUT2D eigenvalue weighted by Crippen LogP contribution is 2.61. The second-order valence-electron chi connectivity index (χ2n) is 10.5. The quantitative estimate of drug-likeness (QED) is 0.281. The molecule has 0 aromatic heterocycles. The Morgan fingerprint density at radius 1 is 1.10 bits per heavy atom. The molecule has 2 aliphatic rings. The van der Waals surface area contributed by atoms with Crippen LogP contribution in [0, 0.1) is 17.3 Å². The molecule has 0 aromatic rings. The first kappa shape index (κ1) is 25.8. The first-order valence-electron chi connectivity index (χ1n) is 11.3. The third-order valence-corrected chi connectivity index (χ3v) is 8.70. The monoisotopic (exact) mass is 447 g/mol. The average Bonchev–Trinajstić information content (AvgIpc) is 2.88. The van der Waals surface area contributed by atoms with Gasteiger partial charge in [0.1, 0.15) is 11.9 Å². The normalized spacial score (nSPS) is 29.1. The van der Waals surface area contributed by atoms with Crippen LogP contribution in [0.3, 0.4) is 0 Å². The van der Waals surface area contributed by atoms with Gasteiger partial charge >= 0.3 is 13.6 Å². The molecule has 0 spiro atoms. The number of rotatable bonds is 8. The third kappa shape index (κ3) is 5.47. The average molecular weight is 448 g/mol. The molecule has 0 amide bonds. The van der Waals surface area contributed by atoms with Crippen LogP contribution in [0.15, 0.2) is 0 Å². The van der Waals surface area contributed by atoms with Gasteiger partial charge in [-0.05, 0) is 59.3 Å². The van der Waals surface area contributed by atoms with Gasteiger partial charge in [-0.25, -0.2) is 0 Å². The lowest BCUT2D eigenvalue weighted by molar-refractivity contribution is -0.284. The zero-order valence-corrected chi connectivity index (χ0v) is 21.2. The molecule has 1 aliphatic carbocycles. The second kappa shape index (κ2) is 9.58. The maximum Gasteiger partial charge on any atom is 0.350 e. The van der Waals surface area contributed by atoms with Gasteiger partial charge in [0.15, 0.2) is 0 Å². The predicted molar refractivity (Wildman–Crippen MR) is 117 cm³/mol. The van der Waals surface area contributed by atoms with E-state index in [1.165, 1.54) is 0 Å². The number of esters is 1. The molecule has 1 aliphatic heterocycles. The topological polar surface area (TPSA) is 74.3 Å². The Kier molecular flexibility index (Phi) is 8.24. The Balaban J connectivity index is 2.45. The van der Waals surface area contributed by atoms with E-state index in [1.807, 2.05) is 67.4 Å². The highest BCUT2D eigenvalue weighted by molar-refractivity contribution is 7.54. The van der Waals surface area contributed by atoms with Crippen LogP contribution in [0.2, 0.25) is 0 Å². The van der Waals surface area contributed by atoms with Gasteiger partial charge in [-0.15, -0.1) is 0 Å². The highest BCUT2D eigenvalue weighted by atomic mass is 31.2. The standard InChI is InChI=1S/C22H42NO6P/c1-10-26-30(25,27-11-2)20(21(4,5)6)23(22(7,8)9)29-17-14-12-13-16-18(17)15(3)19(24)28-16/h15-18,20H,10-14H2,1-9H3/t15-,16-,17-,18-,20?/m0/s1. The summed E-state index contributed by atoms with van der Waals surface area (Å²) in [4.78, 5) is 18.9. The Morgan fingerprint density at radius 3 is 2.13 bits per heavy atom. The fourth-order valence-corrected chi connectivity index (χ4v) is 7.37. The molecule has 7 nitrogen and oxygen atoms in total. The minimum Gasteiger partial charge on any atom is -0.462 e. The number of hydrogen-bond donors (Lipinski definition) is 0. The predicted octanol–water partition coefficient (Wildman–Crippen LogP) is 5.39.